The Morgan fingerprint density at radius 3 is 1.94 bits per heavy atom. The monoisotopic (exact) mass is 769 g/mol. The summed E-state index contributed by atoms with van der Waals surface area (Å²) in [4.78, 5) is 107. The number of aliphatic carboxylic acids is 1. The molecule has 1 rings (SSSR count). The van der Waals surface area contributed by atoms with Crippen molar-refractivity contribution in [3.63, 3.8) is 0 Å². The van der Waals surface area contributed by atoms with Gasteiger partial charge in [0.25, 0.3) is 0 Å². The molecule has 1 fully saturated rings. The lowest BCUT2D eigenvalue weighted by molar-refractivity contribution is -0.143. The van der Waals surface area contributed by atoms with Crippen molar-refractivity contribution in [3.05, 3.63) is 0 Å². The van der Waals surface area contributed by atoms with Gasteiger partial charge in [0.1, 0.15) is 30.2 Å². The molecule has 0 radical (unpaired) electrons. The number of aliphatic hydroxyl groups excluding tert-OH is 1. The first-order chi connectivity index (χ1) is 25.0. The van der Waals surface area contributed by atoms with E-state index in [1.807, 2.05) is 0 Å². The van der Waals surface area contributed by atoms with Crippen molar-refractivity contribution in [1.29, 1.82) is 0 Å². The van der Waals surface area contributed by atoms with E-state index in [1.165, 1.54) is 13.8 Å². The normalized spacial score (nSPS) is 18.0. The quantitative estimate of drug-likeness (QED) is 0.0267. The Hall–Kier alpha value is -5.05. The number of carboxylic acids is 1. The van der Waals surface area contributed by atoms with Gasteiger partial charge in [-0.05, 0) is 51.4 Å². The van der Waals surface area contributed by atoms with Crippen LogP contribution >= 0.6 is 0 Å². The number of amides is 7. The fraction of sp³-hybridized carbons (Fsp3) is 0.727. The number of hydrogen-bond donors (Lipinski definition) is 11. The van der Waals surface area contributed by atoms with Gasteiger partial charge in [-0.25, -0.2) is 0 Å². The Morgan fingerprint density at radius 1 is 0.833 bits per heavy atom. The molecule has 8 atom stereocenters. The number of aliphatic imine (C=N–C) groups is 1. The van der Waals surface area contributed by atoms with Crippen molar-refractivity contribution >= 4 is 53.3 Å². The van der Waals surface area contributed by atoms with Gasteiger partial charge in [0.05, 0.1) is 18.2 Å². The zero-order valence-electron chi connectivity index (χ0n) is 31.8. The molecule has 1 unspecified atom stereocenters. The fourth-order valence-electron chi connectivity index (χ4n) is 5.61. The second-order valence-electron chi connectivity index (χ2n) is 14.2. The SMILES string of the molecule is CC(C)C[C@@H](NC(=O)[C@@H](CCC(=O)O)NC(=O)[C@H](NC(=O)C([C@@H](C)O)N1C[C@@H](NC(=O)[C@H](N)CCCN=C(N)N)CC1=O)C(C)C)C(=O)N[C@H](C)C(N)=O. The van der Waals surface area contributed by atoms with E-state index >= 15 is 0 Å². The molecule has 1 heterocycles. The van der Waals surface area contributed by atoms with E-state index in [9.17, 15) is 48.6 Å². The summed E-state index contributed by atoms with van der Waals surface area (Å²) in [5.41, 5.74) is 21.8. The lowest BCUT2D eigenvalue weighted by Gasteiger charge is -2.32. The topological polar surface area (TPSA) is 357 Å². The van der Waals surface area contributed by atoms with E-state index < -0.39 is 108 Å². The molecular formula is C33H59N11O10. The Bertz CT molecular complexity index is 1390. The first-order valence-corrected chi connectivity index (χ1v) is 17.9. The Kier molecular flexibility index (Phi) is 19.3. The van der Waals surface area contributed by atoms with Crippen LogP contribution in [0.5, 0.6) is 0 Å². The number of likely N-dealkylation sites (tertiary alicyclic amines) is 1. The predicted molar refractivity (Wildman–Crippen MR) is 195 cm³/mol. The van der Waals surface area contributed by atoms with Gasteiger partial charge < -0.3 is 64.6 Å². The summed E-state index contributed by atoms with van der Waals surface area (Å²) in [6.45, 7) is 9.51. The minimum absolute atomic E-state index is 0.0925. The van der Waals surface area contributed by atoms with Crippen LogP contribution in [0.1, 0.15) is 80.1 Å². The molecule has 0 bridgehead atoms. The lowest BCUT2D eigenvalue weighted by Crippen LogP contribution is -2.61. The van der Waals surface area contributed by atoms with Crippen LogP contribution in [0.2, 0.25) is 0 Å². The molecule has 54 heavy (non-hydrogen) atoms. The van der Waals surface area contributed by atoms with Crippen LogP contribution in [0.15, 0.2) is 4.99 Å². The molecule has 1 saturated heterocycles. The minimum Gasteiger partial charge on any atom is -0.481 e. The summed E-state index contributed by atoms with van der Waals surface area (Å²) in [6.07, 6.45) is -1.73. The van der Waals surface area contributed by atoms with E-state index in [-0.39, 0.29) is 50.7 Å². The molecular weight excluding hydrogens is 710 g/mol. The van der Waals surface area contributed by atoms with Gasteiger partial charge in [0, 0.05) is 25.9 Å². The van der Waals surface area contributed by atoms with Gasteiger partial charge in [-0.15, -0.1) is 0 Å². The zero-order chi connectivity index (χ0) is 41.4. The van der Waals surface area contributed by atoms with E-state index in [1.54, 1.807) is 27.7 Å². The average Bonchev–Trinajstić information content (AvgIpc) is 3.40. The standard InChI is InChI=1S/C33H59N11O10/c1-15(2)12-22(30(52)39-17(5)27(35)49)42-29(51)21(9-10-24(47)48)41-31(53)25(16(3)4)43-32(54)26(18(6)45)44-14-19(13-23(44)46)40-28(50)20(34)8-7-11-38-33(36)37/h15-22,25-26,45H,7-14,34H2,1-6H3,(H2,35,49)(H,39,52)(H,40,50)(H,41,53)(H,42,51)(H,43,54)(H,47,48)(H4,36,37,38)/t17-,18-,19+,20-,21-,22-,25-,26?/m1/s1. The number of nitrogens with one attached hydrogen (secondary N) is 5. The third kappa shape index (κ3) is 15.9. The summed E-state index contributed by atoms with van der Waals surface area (Å²) in [5, 5.41) is 32.6. The largest absolute Gasteiger partial charge is 0.481 e. The van der Waals surface area contributed by atoms with Crippen LogP contribution in [0.25, 0.3) is 0 Å². The van der Waals surface area contributed by atoms with Crippen LogP contribution < -0.4 is 49.5 Å². The van der Waals surface area contributed by atoms with Gasteiger partial charge in [-0.1, -0.05) is 27.7 Å². The molecule has 0 aromatic heterocycles. The number of hydrogen-bond acceptors (Lipinski definition) is 11. The van der Waals surface area contributed by atoms with E-state index in [0.717, 1.165) is 4.90 Å². The molecule has 1 aliphatic heterocycles. The number of carbonyl (C=O) groups is 8. The van der Waals surface area contributed by atoms with Crippen LogP contribution in [-0.4, -0.2) is 130 Å². The highest BCUT2D eigenvalue weighted by Gasteiger charge is 2.42. The molecule has 21 nitrogen and oxygen atoms in total. The number of rotatable bonds is 23. The number of nitrogens with zero attached hydrogens (tertiary/aromatic N) is 2. The molecule has 7 amide bonds. The smallest absolute Gasteiger partial charge is 0.303 e. The second kappa shape index (κ2) is 22.2. The molecule has 0 aromatic carbocycles. The van der Waals surface area contributed by atoms with E-state index in [0.29, 0.717) is 6.42 Å². The number of carbonyl (C=O) groups excluding carboxylic acids is 7. The summed E-state index contributed by atoms with van der Waals surface area (Å²) in [5.74, 6) is -7.38. The van der Waals surface area contributed by atoms with E-state index in [2.05, 4.69) is 31.6 Å². The van der Waals surface area contributed by atoms with Gasteiger partial charge in [0.15, 0.2) is 5.96 Å². The molecule has 0 aliphatic carbocycles. The van der Waals surface area contributed by atoms with Crippen molar-refractivity contribution in [2.24, 2.45) is 39.8 Å². The number of aliphatic hydroxyl groups is 1. The van der Waals surface area contributed by atoms with Crippen molar-refractivity contribution in [2.75, 3.05) is 13.1 Å². The highest BCUT2D eigenvalue weighted by atomic mass is 16.4. The molecule has 21 heteroatoms. The molecule has 0 aromatic rings. The summed E-state index contributed by atoms with van der Waals surface area (Å²) >= 11 is 0. The highest BCUT2D eigenvalue weighted by Crippen LogP contribution is 2.19. The first kappa shape index (κ1) is 47.0. The molecule has 0 spiro atoms. The molecule has 306 valence electrons. The van der Waals surface area contributed by atoms with Crippen LogP contribution in [0.3, 0.4) is 0 Å². The van der Waals surface area contributed by atoms with Gasteiger partial charge in [0.2, 0.25) is 41.4 Å². The van der Waals surface area contributed by atoms with Crippen molar-refractivity contribution in [1.82, 2.24) is 31.5 Å². The van der Waals surface area contributed by atoms with Gasteiger partial charge in [-0.2, -0.15) is 0 Å². The number of nitrogens with two attached hydrogens (primary N) is 4. The Labute approximate surface area is 314 Å². The van der Waals surface area contributed by atoms with Crippen LogP contribution in [0.4, 0.5) is 0 Å². The van der Waals surface area contributed by atoms with Gasteiger partial charge in [-0.3, -0.25) is 43.3 Å². The molecule has 0 saturated carbocycles. The van der Waals surface area contributed by atoms with Crippen molar-refractivity contribution < 1.29 is 48.6 Å². The zero-order valence-corrected chi connectivity index (χ0v) is 31.8. The van der Waals surface area contributed by atoms with Crippen LogP contribution in [-0.2, 0) is 38.4 Å². The Balaban J connectivity index is 3.13. The van der Waals surface area contributed by atoms with Gasteiger partial charge >= 0.3 is 5.97 Å². The third-order valence-corrected chi connectivity index (χ3v) is 8.52. The van der Waals surface area contributed by atoms with E-state index in [4.69, 9.17) is 22.9 Å². The third-order valence-electron chi connectivity index (χ3n) is 8.52. The van der Waals surface area contributed by atoms with Crippen molar-refractivity contribution in [3.8, 4) is 0 Å². The summed E-state index contributed by atoms with van der Waals surface area (Å²) in [6, 6.07) is -8.17. The lowest BCUT2D eigenvalue weighted by atomic mass is 10.00. The highest BCUT2D eigenvalue weighted by molar-refractivity contribution is 5.97. The maximum atomic E-state index is 13.6. The number of primary amides is 1. The number of guanidine groups is 1. The maximum Gasteiger partial charge on any atom is 0.303 e. The summed E-state index contributed by atoms with van der Waals surface area (Å²) < 4.78 is 0. The van der Waals surface area contributed by atoms with Crippen LogP contribution in [0, 0.1) is 11.8 Å². The second-order valence-corrected chi connectivity index (χ2v) is 14.2. The Morgan fingerprint density at radius 2 is 1.43 bits per heavy atom. The molecule has 1 aliphatic rings. The van der Waals surface area contributed by atoms with Crippen molar-refractivity contribution in [2.45, 2.75) is 128 Å². The average molecular weight is 770 g/mol. The predicted octanol–water partition coefficient (Wildman–Crippen LogP) is -4.15. The molecule has 15 N–H and O–H groups in total. The first-order valence-electron chi connectivity index (χ1n) is 17.9. The maximum absolute atomic E-state index is 13.6. The fourth-order valence-corrected chi connectivity index (χ4v) is 5.61. The number of carboxylic acid groups (broad SMARTS) is 1. The minimum atomic E-state index is -1.48. The summed E-state index contributed by atoms with van der Waals surface area (Å²) in [7, 11) is 0.